The number of nitrogens with two attached hydrogens (primary N) is 1. The standard InChI is InChI=1S/C16H14F3N3O2S/c17-16(18,19)15-10-14(22(21-15)12-4-2-1-3-5-12)11-6-8-13(9-7-11)25(20,23)24/h1-9,14H,10H2,(H2,20,23,24). The summed E-state index contributed by atoms with van der Waals surface area (Å²) >= 11 is 0. The first-order valence-electron chi connectivity index (χ1n) is 7.28. The number of halogens is 3. The summed E-state index contributed by atoms with van der Waals surface area (Å²) in [5, 5.41) is 10.1. The van der Waals surface area contributed by atoms with Gasteiger partial charge >= 0.3 is 6.18 Å². The zero-order valence-corrected chi connectivity index (χ0v) is 13.6. The number of para-hydroxylation sites is 1. The van der Waals surface area contributed by atoms with Gasteiger partial charge in [-0.1, -0.05) is 30.3 Å². The number of anilines is 1. The summed E-state index contributed by atoms with van der Waals surface area (Å²) in [6.07, 6.45) is -4.85. The number of benzene rings is 2. The molecule has 2 N–H and O–H groups in total. The van der Waals surface area contributed by atoms with Crippen LogP contribution in [0.2, 0.25) is 0 Å². The van der Waals surface area contributed by atoms with E-state index in [0.29, 0.717) is 11.3 Å². The van der Waals surface area contributed by atoms with Crippen molar-refractivity contribution in [3.63, 3.8) is 0 Å². The van der Waals surface area contributed by atoms with E-state index in [4.69, 9.17) is 5.14 Å². The lowest BCUT2D eigenvalue weighted by molar-refractivity contribution is -0.0600. The van der Waals surface area contributed by atoms with Crippen molar-refractivity contribution in [2.45, 2.75) is 23.5 Å². The largest absolute Gasteiger partial charge is 0.431 e. The molecule has 1 aliphatic rings. The number of hydrogen-bond donors (Lipinski definition) is 1. The predicted molar refractivity (Wildman–Crippen MR) is 87.6 cm³/mol. The lowest BCUT2D eigenvalue weighted by atomic mass is 10.0. The Kier molecular flexibility index (Phi) is 4.29. The Morgan fingerprint density at radius 1 is 1.04 bits per heavy atom. The van der Waals surface area contributed by atoms with E-state index in [-0.39, 0.29) is 11.3 Å². The van der Waals surface area contributed by atoms with Gasteiger partial charge in [0, 0.05) is 6.42 Å². The first kappa shape index (κ1) is 17.4. The van der Waals surface area contributed by atoms with Crippen molar-refractivity contribution in [3.8, 4) is 0 Å². The summed E-state index contributed by atoms with van der Waals surface area (Å²) < 4.78 is 62.0. The highest BCUT2D eigenvalue weighted by atomic mass is 32.2. The maximum atomic E-state index is 13.1. The van der Waals surface area contributed by atoms with Gasteiger partial charge in [-0.3, -0.25) is 5.01 Å². The number of rotatable bonds is 3. The van der Waals surface area contributed by atoms with Crippen LogP contribution in [0.3, 0.4) is 0 Å². The van der Waals surface area contributed by atoms with Gasteiger partial charge in [0.2, 0.25) is 10.0 Å². The van der Waals surface area contributed by atoms with Gasteiger partial charge < -0.3 is 0 Å². The summed E-state index contributed by atoms with van der Waals surface area (Å²) in [6, 6.07) is 13.3. The molecule has 5 nitrogen and oxygen atoms in total. The molecule has 0 aromatic heterocycles. The molecular formula is C16H14F3N3O2S. The average Bonchev–Trinajstić information content (AvgIpc) is 3.00. The van der Waals surface area contributed by atoms with Gasteiger partial charge in [-0.2, -0.15) is 18.3 Å². The predicted octanol–water partition coefficient (Wildman–Crippen LogP) is 3.20. The lowest BCUT2D eigenvalue weighted by Gasteiger charge is -2.24. The van der Waals surface area contributed by atoms with Gasteiger partial charge in [0.15, 0.2) is 0 Å². The average molecular weight is 369 g/mol. The van der Waals surface area contributed by atoms with Crippen molar-refractivity contribution in [2.24, 2.45) is 10.2 Å². The molecule has 0 bridgehead atoms. The van der Waals surface area contributed by atoms with Crippen LogP contribution in [0.4, 0.5) is 18.9 Å². The van der Waals surface area contributed by atoms with Crippen LogP contribution in [0.15, 0.2) is 64.6 Å². The molecule has 1 heterocycles. The Balaban J connectivity index is 1.99. The van der Waals surface area contributed by atoms with E-state index in [2.05, 4.69) is 5.10 Å². The quantitative estimate of drug-likeness (QED) is 0.903. The maximum Gasteiger partial charge on any atom is 0.431 e. The lowest BCUT2D eigenvalue weighted by Crippen LogP contribution is -2.21. The first-order chi connectivity index (χ1) is 11.7. The van der Waals surface area contributed by atoms with Gasteiger partial charge in [0.1, 0.15) is 5.71 Å². The summed E-state index contributed by atoms with van der Waals surface area (Å²) in [4.78, 5) is -0.0996. The van der Waals surface area contributed by atoms with Crippen molar-refractivity contribution >= 4 is 21.4 Å². The molecule has 132 valence electrons. The molecule has 1 atom stereocenters. The second-order valence-corrected chi connectivity index (χ2v) is 7.12. The monoisotopic (exact) mass is 369 g/mol. The van der Waals surface area contributed by atoms with Gasteiger partial charge in [-0.25, -0.2) is 13.6 Å². The number of nitrogens with zero attached hydrogens (tertiary/aromatic N) is 2. The van der Waals surface area contributed by atoms with Crippen molar-refractivity contribution in [3.05, 3.63) is 60.2 Å². The second-order valence-electron chi connectivity index (χ2n) is 5.56. The van der Waals surface area contributed by atoms with Crippen molar-refractivity contribution in [2.75, 3.05) is 5.01 Å². The fraction of sp³-hybridized carbons (Fsp3) is 0.188. The van der Waals surface area contributed by atoms with E-state index in [1.165, 1.54) is 29.3 Å². The van der Waals surface area contributed by atoms with Crippen LogP contribution in [-0.2, 0) is 10.0 Å². The molecule has 0 fully saturated rings. The van der Waals surface area contributed by atoms with E-state index < -0.39 is 28.0 Å². The van der Waals surface area contributed by atoms with Gasteiger partial charge in [-0.15, -0.1) is 0 Å². The van der Waals surface area contributed by atoms with Gasteiger partial charge in [0.25, 0.3) is 0 Å². The Labute approximate surface area is 142 Å². The second kappa shape index (κ2) is 6.16. The highest BCUT2D eigenvalue weighted by Crippen LogP contribution is 2.39. The maximum absolute atomic E-state index is 13.1. The molecule has 0 aliphatic carbocycles. The fourth-order valence-electron chi connectivity index (χ4n) is 2.64. The van der Waals surface area contributed by atoms with Gasteiger partial charge in [0.05, 0.1) is 16.6 Å². The molecule has 2 aromatic rings. The number of alkyl halides is 3. The Hall–Kier alpha value is -2.39. The smallest absolute Gasteiger partial charge is 0.257 e. The molecule has 0 spiro atoms. The molecule has 1 aliphatic heterocycles. The van der Waals surface area contributed by atoms with Crippen LogP contribution in [0, 0.1) is 0 Å². The highest BCUT2D eigenvalue weighted by molar-refractivity contribution is 7.89. The highest BCUT2D eigenvalue weighted by Gasteiger charge is 2.43. The van der Waals surface area contributed by atoms with Crippen molar-refractivity contribution < 1.29 is 21.6 Å². The number of primary sulfonamides is 1. The van der Waals surface area contributed by atoms with Crippen LogP contribution < -0.4 is 10.1 Å². The third kappa shape index (κ3) is 3.67. The van der Waals surface area contributed by atoms with Crippen LogP contribution in [-0.4, -0.2) is 20.3 Å². The molecule has 25 heavy (non-hydrogen) atoms. The number of hydrogen-bond acceptors (Lipinski definition) is 4. The van der Waals surface area contributed by atoms with E-state index in [0.717, 1.165) is 0 Å². The van der Waals surface area contributed by atoms with Gasteiger partial charge in [-0.05, 0) is 29.8 Å². The molecule has 2 aromatic carbocycles. The van der Waals surface area contributed by atoms with Crippen LogP contribution in [0.1, 0.15) is 18.0 Å². The topological polar surface area (TPSA) is 75.8 Å². The van der Waals surface area contributed by atoms with Crippen molar-refractivity contribution in [1.29, 1.82) is 0 Å². The summed E-state index contributed by atoms with van der Waals surface area (Å²) in [5.74, 6) is 0. The summed E-state index contributed by atoms with van der Waals surface area (Å²) in [5.41, 5.74) is 0.151. The Morgan fingerprint density at radius 3 is 2.16 bits per heavy atom. The molecule has 3 rings (SSSR count). The first-order valence-corrected chi connectivity index (χ1v) is 8.82. The molecule has 1 unspecified atom stereocenters. The van der Waals surface area contributed by atoms with Crippen molar-refractivity contribution in [1.82, 2.24) is 0 Å². The molecule has 0 saturated heterocycles. The molecule has 0 saturated carbocycles. The van der Waals surface area contributed by atoms with E-state index >= 15 is 0 Å². The van der Waals surface area contributed by atoms with E-state index in [1.807, 2.05) is 0 Å². The fourth-order valence-corrected chi connectivity index (χ4v) is 3.16. The minimum absolute atomic E-state index is 0.0996. The third-order valence-electron chi connectivity index (χ3n) is 3.85. The number of sulfonamides is 1. The molecule has 9 heteroatoms. The SMILES string of the molecule is NS(=O)(=O)c1ccc(C2CC(C(F)(F)F)=NN2c2ccccc2)cc1. The normalized spacial score (nSPS) is 18.3. The van der Waals surface area contributed by atoms with Crippen LogP contribution >= 0.6 is 0 Å². The Morgan fingerprint density at radius 2 is 1.64 bits per heavy atom. The summed E-state index contributed by atoms with van der Waals surface area (Å²) in [7, 11) is -3.87. The zero-order valence-electron chi connectivity index (χ0n) is 12.8. The summed E-state index contributed by atoms with van der Waals surface area (Å²) in [6.45, 7) is 0. The van der Waals surface area contributed by atoms with Crippen LogP contribution in [0.25, 0.3) is 0 Å². The minimum Gasteiger partial charge on any atom is -0.257 e. The zero-order chi connectivity index (χ0) is 18.2. The van der Waals surface area contributed by atoms with E-state index in [1.54, 1.807) is 30.3 Å². The Bertz CT molecular complexity index is 894. The van der Waals surface area contributed by atoms with E-state index in [9.17, 15) is 21.6 Å². The third-order valence-corrected chi connectivity index (χ3v) is 4.78. The minimum atomic E-state index is -4.53. The molecule has 0 amide bonds. The van der Waals surface area contributed by atoms with Crippen LogP contribution in [0.5, 0.6) is 0 Å². The molecular weight excluding hydrogens is 355 g/mol. The number of hydrazone groups is 1. The molecule has 0 radical (unpaired) electrons.